The molecule has 0 aliphatic heterocycles. The lowest BCUT2D eigenvalue weighted by Gasteiger charge is -2.09. The van der Waals surface area contributed by atoms with E-state index in [9.17, 15) is 0 Å². The highest BCUT2D eigenvalue weighted by Gasteiger charge is 2.04. The first-order chi connectivity index (χ1) is 8.16. The van der Waals surface area contributed by atoms with Crippen LogP contribution in [0.25, 0.3) is 0 Å². The van der Waals surface area contributed by atoms with Gasteiger partial charge in [-0.25, -0.2) is 4.98 Å². The first kappa shape index (κ1) is 12.0. The Labute approximate surface area is 108 Å². The van der Waals surface area contributed by atoms with E-state index in [1.165, 1.54) is 6.33 Å². The lowest BCUT2D eigenvalue weighted by Crippen LogP contribution is -2.07. The van der Waals surface area contributed by atoms with Crippen molar-refractivity contribution >= 4 is 34.6 Å². The molecule has 0 atom stereocenters. The second-order valence-corrected chi connectivity index (χ2v) is 4.28. The van der Waals surface area contributed by atoms with Crippen LogP contribution in [0.2, 0.25) is 10.0 Å². The van der Waals surface area contributed by atoms with Crippen molar-refractivity contribution in [2.45, 2.75) is 6.42 Å². The summed E-state index contributed by atoms with van der Waals surface area (Å²) in [5.41, 5.74) is 7.14. The molecule has 1 heterocycles. The molecule has 90 valence electrons. The van der Waals surface area contributed by atoms with Crippen molar-refractivity contribution in [2.24, 2.45) is 0 Å². The Morgan fingerprint density at radius 1 is 1.29 bits per heavy atom. The number of nitrogens with zero attached hydrogens (tertiary/aromatic N) is 2. The van der Waals surface area contributed by atoms with E-state index in [0.29, 0.717) is 22.3 Å². The van der Waals surface area contributed by atoms with Gasteiger partial charge in [-0.05, 0) is 12.1 Å². The number of aromatic nitrogens is 3. The largest absolute Gasteiger partial charge is 0.397 e. The molecule has 0 spiro atoms. The topological polar surface area (TPSA) is 79.6 Å². The number of aromatic amines is 1. The van der Waals surface area contributed by atoms with Crippen molar-refractivity contribution in [1.82, 2.24) is 15.2 Å². The summed E-state index contributed by atoms with van der Waals surface area (Å²) in [5.74, 6) is 0.816. The summed E-state index contributed by atoms with van der Waals surface area (Å²) in [6, 6.07) is 3.33. The zero-order chi connectivity index (χ0) is 12.3. The molecular weight excluding hydrogens is 261 g/mol. The smallest absolute Gasteiger partial charge is 0.137 e. The van der Waals surface area contributed by atoms with Crippen molar-refractivity contribution in [3.63, 3.8) is 0 Å². The average molecular weight is 272 g/mol. The number of rotatable bonds is 4. The van der Waals surface area contributed by atoms with Gasteiger partial charge in [0.25, 0.3) is 0 Å². The van der Waals surface area contributed by atoms with Crippen LogP contribution in [-0.4, -0.2) is 21.7 Å². The SMILES string of the molecule is Nc1cc(Cl)c(Cl)cc1NCCc1ncn[nH]1. The minimum Gasteiger partial charge on any atom is -0.397 e. The molecule has 0 aliphatic carbocycles. The third kappa shape index (κ3) is 3.01. The summed E-state index contributed by atoms with van der Waals surface area (Å²) < 4.78 is 0. The second-order valence-electron chi connectivity index (χ2n) is 3.46. The highest BCUT2D eigenvalue weighted by Crippen LogP contribution is 2.30. The van der Waals surface area contributed by atoms with Crippen LogP contribution in [0.5, 0.6) is 0 Å². The number of hydrogen-bond acceptors (Lipinski definition) is 4. The fourth-order valence-corrected chi connectivity index (χ4v) is 1.72. The Morgan fingerprint density at radius 3 is 2.76 bits per heavy atom. The van der Waals surface area contributed by atoms with E-state index in [1.54, 1.807) is 12.1 Å². The Balaban J connectivity index is 1.97. The number of H-pyrrole nitrogens is 1. The van der Waals surface area contributed by atoms with Gasteiger partial charge in [0.1, 0.15) is 12.2 Å². The van der Waals surface area contributed by atoms with Crippen LogP contribution in [0.4, 0.5) is 11.4 Å². The fraction of sp³-hybridized carbons (Fsp3) is 0.200. The predicted molar refractivity (Wildman–Crippen MR) is 69.5 cm³/mol. The minimum absolute atomic E-state index is 0.449. The van der Waals surface area contributed by atoms with Crippen molar-refractivity contribution in [3.05, 3.63) is 34.3 Å². The molecule has 0 fully saturated rings. The molecule has 0 aliphatic rings. The number of nitrogen functional groups attached to an aromatic ring is 1. The summed E-state index contributed by atoms with van der Waals surface area (Å²) in [6.07, 6.45) is 2.20. The summed E-state index contributed by atoms with van der Waals surface area (Å²) in [7, 11) is 0. The highest BCUT2D eigenvalue weighted by atomic mass is 35.5. The van der Waals surface area contributed by atoms with E-state index in [-0.39, 0.29) is 0 Å². The maximum Gasteiger partial charge on any atom is 0.137 e. The van der Waals surface area contributed by atoms with Crippen LogP contribution >= 0.6 is 23.2 Å². The van der Waals surface area contributed by atoms with Gasteiger partial charge < -0.3 is 11.1 Å². The molecule has 0 bridgehead atoms. The van der Waals surface area contributed by atoms with Gasteiger partial charge in [0.2, 0.25) is 0 Å². The Morgan fingerprint density at radius 2 is 2.06 bits per heavy atom. The first-order valence-corrected chi connectivity index (χ1v) is 5.75. The maximum atomic E-state index is 5.91. The van der Waals surface area contributed by atoms with Gasteiger partial charge in [-0.2, -0.15) is 5.10 Å². The highest BCUT2D eigenvalue weighted by molar-refractivity contribution is 6.42. The maximum absolute atomic E-state index is 5.91. The van der Waals surface area contributed by atoms with Crippen molar-refractivity contribution < 1.29 is 0 Å². The zero-order valence-corrected chi connectivity index (χ0v) is 10.4. The number of hydrogen-bond donors (Lipinski definition) is 3. The van der Waals surface area contributed by atoms with Crippen LogP contribution in [-0.2, 0) is 6.42 Å². The number of nitrogens with one attached hydrogen (secondary N) is 2. The summed E-state index contributed by atoms with van der Waals surface area (Å²) in [4.78, 5) is 4.02. The van der Waals surface area contributed by atoms with Gasteiger partial charge in [0.05, 0.1) is 21.4 Å². The predicted octanol–water partition coefficient (Wildman–Crippen LogP) is 2.35. The van der Waals surface area contributed by atoms with E-state index in [1.807, 2.05) is 0 Å². The molecule has 2 aromatic rings. The number of anilines is 2. The number of benzene rings is 1. The molecule has 0 unspecified atom stereocenters. The van der Waals surface area contributed by atoms with Crippen LogP contribution in [0, 0.1) is 0 Å². The van der Waals surface area contributed by atoms with E-state index in [4.69, 9.17) is 28.9 Å². The Kier molecular flexibility index (Phi) is 3.71. The quantitative estimate of drug-likeness (QED) is 0.746. The molecule has 17 heavy (non-hydrogen) atoms. The van der Waals surface area contributed by atoms with Gasteiger partial charge in [0.15, 0.2) is 0 Å². The van der Waals surface area contributed by atoms with Gasteiger partial charge >= 0.3 is 0 Å². The van der Waals surface area contributed by atoms with E-state index in [2.05, 4.69) is 20.5 Å². The van der Waals surface area contributed by atoms with Crippen molar-refractivity contribution in [2.75, 3.05) is 17.6 Å². The second kappa shape index (κ2) is 5.25. The third-order valence-electron chi connectivity index (χ3n) is 2.23. The number of halogens is 2. The van der Waals surface area contributed by atoms with E-state index < -0.39 is 0 Å². The number of nitrogens with two attached hydrogens (primary N) is 1. The third-order valence-corrected chi connectivity index (χ3v) is 2.96. The Bertz CT molecular complexity index is 498. The van der Waals surface area contributed by atoms with Crippen LogP contribution < -0.4 is 11.1 Å². The van der Waals surface area contributed by atoms with Gasteiger partial charge in [-0.1, -0.05) is 23.2 Å². The molecule has 5 nitrogen and oxygen atoms in total. The van der Waals surface area contributed by atoms with Crippen LogP contribution in [0.15, 0.2) is 18.5 Å². The van der Waals surface area contributed by atoms with Crippen LogP contribution in [0.1, 0.15) is 5.82 Å². The summed E-state index contributed by atoms with van der Waals surface area (Å²) in [5, 5.41) is 10.6. The standard InChI is InChI=1S/C10H11Cl2N5/c11-6-3-8(13)9(4-7(6)12)14-2-1-10-15-5-16-17-10/h3-5,14H,1-2,13H2,(H,15,16,17). The summed E-state index contributed by atoms with van der Waals surface area (Å²) in [6.45, 7) is 0.678. The molecule has 1 aromatic carbocycles. The lowest BCUT2D eigenvalue weighted by molar-refractivity contribution is 0.901. The average Bonchev–Trinajstić information content (AvgIpc) is 2.78. The Hall–Kier alpha value is -1.46. The molecule has 0 amide bonds. The van der Waals surface area contributed by atoms with Crippen molar-refractivity contribution in [1.29, 1.82) is 0 Å². The van der Waals surface area contributed by atoms with Gasteiger partial charge in [-0.3, -0.25) is 5.10 Å². The normalized spacial score (nSPS) is 10.5. The molecular formula is C10H11Cl2N5. The molecule has 4 N–H and O–H groups in total. The molecule has 2 rings (SSSR count). The molecule has 7 heteroatoms. The summed E-state index contributed by atoms with van der Waals surface area (Å²) >= 11 is 11.7. The fourth-order valence-electron chi connectivity index (χ4n) is 1.38. The van der Waals surface area contributed by atoms with E-state index in [0.717, 1.165) is 17.9 Å². The zero-order valence-electron chi connectivity index (χ0n) is 8.87. The van der Waals surface area contributed by atoms with Crippen LogP contribution in [0.3, 0.4) is 0 Å². The van der Waals surface area contributed by atoms with Gasteiger partial charge in [-0.15, -0.1) is 0 Å². The van der Waals surface area contributed by atoms with Gasteiger partial charge in [0, 0.05) is 13.0 Å². The minimum atomic E-state index is 0.449. The molecule has 0 radical (unpaired) electrons. The monoisotopic (exact) mass is 271 g/mol. The lowest BCUT2D eigenvalue weighted by atomic mass is 10.2. The molecule has 0 saturated heterocycles. The molecule has 1 aromatic heterocycles. The van der Waals surface area contributed by atoms with Crippen molar-refractivity contribution in [3.8, 4) is 0 Å². The van der Waals surface area contributed by atoms with E-state index >= 15 is 0 Å². The first-order valence-electron chi connectivity index (χ1n) is 4.99. The molecule has 0 saturated carbocycles.